The summed E-state index contributed by atoms with van der Waals surface area (Å²) in [6.45, 7) is 2.06. The Bertz CT molecular complexity index is 909. The van der Waals surface area contributed by atoms with Gasteiger partial charge in [0, 0.05) is 38.5 Å². The van der Waals surface area contributed by atoms with Crippen molar-refractivity contribution in [3.8, 4) is 0 Å². The molecule has 4 rings (SSSR count). The summed E-state index contributed by atoms with van der Waals surface area (Å²) in [6, 6.07) is 5.86. The molecule has 8 heteroatoms. The number of likely N-dealkylation sites (N-methyl/N-ethyl adjacent to an activating group) is 1. The number of carbonyl (C=O) groups excluding carboxylic acids is 3. The number of piperidine rings is 1. The van der Waals surface area contributed by atoms with Crippen LogP contribution in [0.15, 0.2) is 24.3 Å². The second kappa shape index (κ2) is 10.4. The van der Waals surface area contributed by atoms with Gasteiger partial charge in [0.2, 0.25) is 5.91 Å². The molecule has 1 aromatic carbocycles. The highest BCUT2D eigenvalue weighted by atomic mass is 19.1. The molecule has 3 aliphatic rings. The van der Waals surface area contributed by atoms with Crippen LogP contribution in [-0.4, -0.2) is 78.4 Å². The van der Waals surface area contributed by atoms with Crippen LogP contribution in [0.2, 0.25) is 0 Å². The van der Waals surface area contributed by atoms with Crippen molar-refractivity contribution in [1.82, 2.24) is 20.0 Å². The summed E-state index contributed by atoms with van der Waals surface area (Å²) in [5.41, 5.74) is -0.430. The molecule has 2 heterocycles. The highest BCUT2D eigenvalue weighted by molar-refractivity contribution is 6.07. The van der Waals surface area contributed by atoms with Crippen molar-refractivity contribution in [3.05, 3.63) is 35.6 Å². The number of rotatable bonds is 7. The smallest absolute Gasteiger partial charge is 0.325 e. The van der Waals surface area contributed by atoms with E-state index in [2.05, 4.69) is 5.32 Å². The Morgan fingerprint density at radius 2 is 1.82 bits per heavy atom. The minimum atomic E-state index is -1.11. The van der Waals surface area contributed by atoms with E-state index in [-0.39, 0.29) is 41.9 Å². The highest BCUT2D eigenvalue weighted by Gasteiger charge is 2.56. The van der Waals surface area contributed by atoms with E-state index in [1.54, 1.807) is 12.1 Å². The molecule has 1 aliphatic carbocycles. The summed E-state index contributed by atoms with van der Waals surface area (Å²) in [6.07, 6.45) is 6.91. The first-order valence-corrected chi connectivity index (χ1v) is 12.6. The normalized spacial score (nSPS) is 24.7. The number of nitrogens with zero attached hydrogens (tertiary/aromatic N) is 3. The molecule has 2 saturated heterocycles. The zero-order chi connectivity index (χ0) is 24.3. The van der Waals surface area contributed by atoms with Gasteiger partial charge in [0.15, 0.2) is 0 Å². The molecular weight excluding hydrogens is 435 g/mol. The number of nitrogens with one attached hydrogen (secondary N) is 1. The number of likely N-dealkylation sites (tertiary alicyclic amines) is 1. The van der Waals surface area contributed by atoms with Crippen LogP contribution >= 0.6 is 0 Å². The van der Waals surface area contributed by atoms with Gasteiger partial charge in [0.1, 0.15) is 11.4 Å². The van der Waals surface area contributed by atoms with Crippen molar-refractivity contribution in [2.45, 2.75) is 56.9 Å². The van der Waals surface area contributed by atoms with Gasteiger partial charge in [-0.25, -0.2) is 9.18 Å². The van der Waals surface area contributed by atoms with Crippen molar-refractivity contribution < 1.29 is 18.8 Å². The van der Waals surface area contributed by atoms with Gasteiger partial charge >= 0.3 is 6.03 Å². The van der Waals surface area contributed by atoms with Crippen LogP contribution in [0.1, 0.15) is 50.5 Å². The minimum absolute atomic E-state index is 0.119. The van der Waals surface area contributed by atoms with Crippen LogP contribution in [0.25, 0.3) is 0 Å². The fourth-order valence-electron chi connectivity index (χ4n) is 5.86. The van der Waals surface area contributed by atoms with Crippen molar-refractivity contribution in [2.75, 3.05) is 40.3 Å². The van der Waals surface area contributed by atoms with Crippen LogP contribution in [0, 0.1) is 17.7 Å². The van der Waals surface area contributed by atoms with E-state index in [0.717, 1.165) is 25.7 Å². The minimum Gasteiger partial charge on any atom is -0.342 e. The van der Waals surface area contributed by atoms with Crippen molar-refractivity contribution in [2.24, 2.45) is 11.8 Å². The van der Waals surface area contributed by atoms with Crippen LogP contribution in [0.5, 0.6) is 0 Å². The maximum Gasteiger partial charge on any atom is 0.325 e. The maximum absolute atomic E-state index is 14.0. The second-order valence-electron chi connectivity index (χ2n) is 10.4. The third-order valence-electron chi connectivity index (χ3n) is 7.80. The Morgan fingerprint density at radius 1 is 1.12 bits per heavy atom. The predicted octanol–water partition coefficient (Wildman–Crippen LogP) is 3.04. The maximum atomic E-state index is 14.0. The summed E-state index contributed by atoms with van der Waals surface area (Å²) in [7, 11) is 3.80. The Balaban J connectivity index is 1.53. The molecule has 2 aliphatic heterocycles. The van der Waals surface area contributed by atoms with Crippen LogP contribution in [-0.2, 0) is 16.0 Å². The average molecular weight is 473 g/mol. The monoisotopic (exact) mass is 472 g/mol. The van der Waals surface area contributed by atoms with Gasteiger partial charge in [0.05, 0.1) is 0 Å². The predicted molar refractivity (Wildman–Crippen MR) is 128 cm³/mol. The zero-order valence-electron chi connectivity index (χ0n) is 20.4. The first-order chi connectivity index (χ1) is 16.3. The second-order valence-corrected chi connectivity index (χ2v) is 10.4. The van der Waals surface area contributed by atoms with E-state index in [0.29, 0.717) is 44.6 Å². The Kier molecular flexibility index (Phi) is 7.55. The third kappa shape index (κ3) is 5.11. The van der Waals surface area contributed by atoms with E-state index >= 15 is 0 Å². The number of hydrogen-bond donors (Lipinski definition) is 1. The Labute approximate surface area is 201 Å². The lowest BCUT2D eigenvalue weighted by molar-refractivity contribution is -0.139. The Morgan fingerprint density at radius 3 is 2.47 bits per heavy atom. The molecule has 0 radical (unpaired) electrons. The molecule has 4 amide bonds. The summed E-state index contributed by atoms with van der Waals surface area (Å²) in [5, 5.41) is 3.03. The molecule has 1 atom stereocenters. The van der Waals surface area contributed by atoms with Gasteiger partial charge in [-0.1, -0.05) is 31.4 Å². The first kappa shape index (κ1) is 24.6. The van der Waals surface area contributed by atoms with Crippen LogP contribution in [0.3, 0.4) is 0 Å². The van der Waals surface area contributed by atoms with E-state index in [1.807, 2.05) is 23.9 Å². The quantitative estimate of drug-likeness (QED) is 0.619. The standard InChI is InChI=1S/C26H37FN4O3/c1-29(2)15-16-31-24(33)26(28-25(31)34,18-19-7-6-10-22(27)17-19)21-11-13-30(14-12-21)23(32)20-8-4-3-5-9-20/h6-7,10,17,20-21H,3-5,8-9,11-16,18H2,1-2H3,(H,28,34). The summed E-state index contributed by atoms with van der Waals surface area (Å²) < 4.78 is 14.0. The van der Waals surface area contributed by atoms with Crippen LogP contribution in [0.4, 0.5) is 9.18 Å². The van der Waals surface area contributed by atoms with Gasteiger partial charge in [0.25, 0.3) is 5.91 Å². The van der Waals surface area contributed by atoms with Crippen molar-refractivity contribution >= 4 is 17.8 Å². The topological polar surface area (TPSA) is 73.0 Å². The first-order valence-electron chi connectivity index (χ1n) is 12.6. The lowest BCUT2D eigenvalue weighted by atomic mass is 9.73. The van der Waals surface area contributed by atoms with Gasteiger partial charge in [-0.3, -0.25) is 14.5 Å². The van der Waals surface area contributed by atoms with E-state index < -0.39 is 5.54 Å². The van der Waals surface area contributed by atoms with Gasteiger partial charge in [-0.05, 0) is 63.4 Å². The zero-order valence-corrected chi connectivity index (χ0v) is 20.4. The number of urea groups is 1. The number of amides is 4. The van der Waals surface area contributed by atoms with E-state index in [4.69, 9.17) is 0 Å². The highest BCUT2D eigenvalue weighted by Crippen LogP contribution is 2.37. The lowest BCUT2D eigenvalue weighted by Gasteiger charge is -2.42. The molecule has 0 bridgehead atoms. The van der Waals surface area contributed by atoms with Gasteiger partial charge < -0.3 is 15.1 Å². The average Bonchev–Trinajstić information content (AvgIpc) is 3.07. The largest absolute Gasteiger partial charge is 0.342 e. The molecule has 1 unspecified atom stereocenters. The fraction of sp³-hybridized carbons (Fsp3) is 0.654. The molecule has 0 spiro atoms. The molecule has 7 nitrogen and oxygen atoms in total. The Hall–Kier alpha value is -2.48. The van der Waals surface area contributed by atoms with Crippen molar-refractivity contribution in [3.63, 3.8) is 0 Å². The number of carbonyl (C=O) groups is 3. The molecule has 3 fully saturated rings. The molecule has 0 aromatic heterocycles. The SMILES string of the molecule is CN(C)CCN1C(=O)NC(Cc2cccc(F)c2)(C2CCN(C(=O)C3CCCCC3)CC2)C1=O. The molecule has 1 saturated carbocycles. The van der Waals surface area contributed by atoms with Crippen LogP contribution < -0.4 is 5.32 Å². The molecule has 186 valence electrons. The summed E-state index contributed by atoms with van der Waals surface area (Å²) >= 11 is 0. The van der Waals surface area contributed by atoms with E-state index in [1.165, 1.54) is 23.5 Å². The fourth-order valence-corrected chi connectivity index (χ4v) is 5.86. The molecule has 34 heavy (non-hydrogen) atoms. The summed E-state index contributed by atoms with van der Waals surface area (Å²) in [5.74, 6) is -0.345. The van der Waals surface area contributed by atoms with Crippen molar-refractivity contribution in [1.29, 1.82) is 0 Å². The molecule has 1 aromatic rings. The van der Waals surface area contributed by atoms with Gasteiger partial charge in [-0.2, -0.15) is 0 Å². The molecular formula is C26H37FN4O3. The number of imide groups is 1. The number of halogens is 1. The number of hydrogen-bond acceptors (Lipinski definition) is 4. The third-order valence-corrected chi connectivity index (χ3v) is 7.80. The lowest BCUT2D eigenvalue weighted by Crippen LogP contribution is -2.58. The number of benzene rings is 1. The van der Waals surface area contributed by atoms with E-state index in [9.17, 15) is 18.8 Å². The van der Waals surface area contributed by atoms with Gasteiger partial charge in [-0.15, -0.1) is 0 Å². The molecule has 1 N–H and O–H groups in total. The summed E-state index contributed by atoms with van der Waals surface area (Å²) in [4.78, 5) is 44.9.